The van der Waals surface area contributed by atoms with Gasteiger partial charge in [0.1, 0.15) is 6.10 Å². The predicted octanol–water partition coefficient (Wildman–Crippen LogP) is 16.1. The van der Waals surface area contributed by atoms with Gasteiger partial charge in [-0.1, -0.05) is 231 Å². The Bertz CT molecular complexity index is 1010. The van der Waals surface area contributed by atoms with Gasteiger partial charge in [-0.25, -0.2) is 0 Å². The van der Waals surface area contributed by atoms with Gasteiger partial charge in [-0.3, -0.25) is 9.59 Å². The first-order valence-corrected chi connectivity index (χ1v) is 26.7. The van der Waals surface area contributed by atoms with Crippen LogP contribution < -0.4 is 5.32 Å². The number of carbonyl (C=O) groups excluding carboxylic acids is 2. The van der Waals surface area contributed by atoms with Crippen molar-refractivity contribution in [3.05, 3.63) is 36.5 Å². The number of amides is 1. The summed E-state index contributed by atoms with van der Waals surface area (Å²) in [6.45, 7) is 6.47. The maximum atomic E-state index is 13.2. The van der Waals surface area contributed by atoms with Crippen molar-refractivity contribution in [1.29, 1.82) is 0 Å². The summed E-state index contributed by atoms with van der Waals surface area (Å²) in [4.78, 5) is 26.1. The van der Waals surface area contributed by atoms with Gasteiger partial charge in [0, 0.05) is 6.42 Å². The molecule has 0 fully saturated rings. The zero-order valence-corrected chi connectivity index (χ0v) is 40.8. The second-order valence-electron chi connectivity index (χ2n) is 18.3. The highest BCUT2D eigenvalue weighted by molar-refractivity contribution is 5.77. The van der Waals surface area contributed by atoms with Crippen LogP contribution in [0, 0.1) is 0 Å². The summed E-state index contributed by atoms with van der Waals surface area (Å²) in [6, 6.07) is -0.711. The van der Waals surface area contributed by atoms with E-state index in [9.17, 15) is 19.8 Å². The highest BCUT2D eigenvalue weighted by Crippen LogP contribution is 2.18. The van der Waals surface area contributed by atoms with E-state index in [2.05, 4.69) is 62.5 Å². The number of carbonyl (C=O) groups is 2. The van der Waals surface area contributed by atoms with E-state index in [1.54, 1.807) is 0 Å². The number of hydrogen-bond acceptors (Lipinski definition) is 5. The third kappa shape index (κ3) is 44.5. The van der Waals surface area contributed by atoms with Crippen molar-refractivity contribution in [3.8, 4) is 0 Å². The third-order valence-corrected chi connectivity index (χ3v) is 12.2. The molecule has 0 aliphatic rings. The normalized spacial score (nSPS) is 13.5. The van der Waals surface area contributed by atoms with Gasteiger partial charge in [0.2, 0.25) is 5.91 Å². The minimum Gasteiger partial charge on any atom is -0.462 e. The van der Waals surface area contributed by atoms with E-state index in [1.165, 1.54) is 173 Å². The minimum absolute atomic E-state index is 0.0547. The third-order valence-electron chi connectivity index (χ3n) is 12.2. The van der Waals surface area contributed by atoms with Gasteiger partial charge < -0.3 is 20.3 Å². The van der Waals surface area contributed by atoms with Crippen LogP contribution in [0.1, 0.15) is 278 Å². The van der Waals surface area contributed by atoms with E-state index >= 15 is 0 Å². The molecule has 0 aliphatic carbocycles. The van der Waals surface area contributed by atoms with Crippen LogP contribution in [0.25, 0.3) is 0 Å². The summed E-state index contributed by atoms with van der Waals surface area (Å²) in [6.07, 6.45) is 57.8. The van der Waals surface area contributed by atoms with Gasteiger partial charge in [0.05, 0.1) is 25.2 Å². The number of esters is 1. The molecule has 6 nitrogen and oxygen atoms in total. The quantitative estimate of drug-likeness (QED) is 0.0322. The summed E-state index contributed by atoms with van der Waals surface area (Å²) in [5, 5.41) is 23.8. The number of hydrogen-bond donors (Lipinski definition) is 3. The van der Waals surface area contributed by atoms with Crippen molar-refractivity contribution >= 4 is 11.9 Å². The Morgan fingerprint density at radius 3 is 1.26 bits per heavy atom. The maximum Gasteiger partial charge on any atom is 0.306 e. The van der Waals surface area contributed by atoms with Crippen LogP contribution in [0.5, 0.6) is 0 Å². The van der Waals surface area contributed by atoms with Gasteiger partial charge in [0.25, 0.3) is 0 Å². The Hall–Kier alpha value is -1.92. The molecule has 3 N–H and O–H groups in total. The van der Waals surface area contributed by atoms with Gasteiger partial charge in [-0.2, -0.15) is 0 Å². The van der Waals surface area contributed by atoms with Gasteiger partial charge in [-0.15, -0.1) is 0 Å². The molecule has 3 unspecified atom stereocenters. The Labute approximate surface area is 379 Å². The summed E-state index contributed by atoms with van der Waals surface area (Å²) >= 11 is 0. The topological polar surface area (TPSA) is 95.9 Å². The lowest BCUT2D eigenvalue weighted by atomic mass is 10.0. The predicted molar refractivity (Wildman–Crippen MR) is 264 cm³/mol. The molecule has 0 aromatic heterocycles. The number of rotatable bonds is 48. The van der Waals surface area contributed by atoms with Gasteiger partial charge in [-0.05, 0) is 70.6 Å². The lowest BCUT2D eigenvalue weighted by Crippen LogP contribution is -2.46. The van der Waals surface area contributed by atoms with E-state index in [0.29, 0.717) is 25.7 Å². The molecule has 0 saturated heterocycles. The Balaban J connectivity index is 4.63. The standard InChI is InChI=1S/C55H103NO5/c1-4-7-10-13-16-19-22-25-26-27-28-30-31-34-37-40-43-46-51(61-55(60)48-45-42-39-36-33-29-23-20-17-14-11-8-5-2)49-54(59)56-52(50-57)53(58)47-44-41-38-35-32-24-21-18-15-12-9-6-3/h25-26,29,33,39,42,51-53,57-58H,4-24,27-28,30-32,34-38,40-41,43-50H2,1-3H3,(H,56,59)/b26-25+,33-29-,42-39+. The van der Waals surface area contributed by atoms with E-state index in [4.69, 9.17) is 4.74 Å². The monoisotopic (exact) mass is 858 g/mol. The molecule has 0 heterocycles. The summed E-state index contributed by atoms with van der Waals surface area (Å²) in [5.41, 5.74) is 0. The van der Waals surface area contributed by atoms with Crippen LogP contribution in [0.3, 0.4) is 0 Å². The fraction of sp³-hybridized carbons (Fsp3) is 0.855. The van der Waals surface area contributed by atoms with Crippen LogP contribution in [0.2, 0.25) is 0 Å². The van der Waals surface area contributed by atoms with Crippen LogP contribution >= 0.6 is 0 Å². The highest BCUT2D eigenvalue weighted by Gasteiger charge is 2.24. The van der Waals surface area contributed by atoms with E-state index in [0.717, 1.165) is 51.4 Å². The molecular formula is C55H103NO5. The SMILES string of the molecule is CCCCCCCC/C=C\C/C=C/CCC(=O)OC(CCCCCCCCC/C=C/CCCCCCCC)CC(=O)NC(CO)C(O)CCCCCCCCCCCCCC. The zero-order valence-electron chi connectivity index (χ0n) is 40.8. The van der Waals surface area contributed by atoms with Crippen LogP contribution in [0.15, 0.2) is 36.5 Å². The maximum absolute atomic E-state index is 13.2. The lowest BCUT2D eigenvalue weighted by Gasteiger charge is -2.24. The molecule has 0 aromatic rings. The largest absolute Gasteiger partial charge is 0.462 e. The Kier molecular flexibility index (Phi) is 47.6. The lowest BCUT2D eigenvalue weighted by molar-refractivity contribution is -0.150. The number of nitrogens with one attached hydrogen (secondary N) is 1. The first-order chi connectivity index (χ1) is 30.0. The average molecular weight is 858 g/mol. The molecule has 6 heteroatoms. The summed E-state index contributed by atoms with van der Waals surface area (Å²) in [5.74, 6) is -0.549. The molecular weight excluding hydrogens is 755 g/mol. The average Bonchev–Trinajstić information content (AvgIpc) is 3.25. The Morgan fingerprint density at radius 2 is 0.836 bits per heavy atom. The van der Waals surface area contributed by atoms with Crippen molar-refractivity contribution in [3.63, 3.8) is 0 Å². The van der Waals surface area contributed by atoms with Gasteiger partial charge in [0.15, 0.2) is 0 Å². The number of ether oxygens (including phenoxy) is 1. The van der Waals surface area contributed by atoms with Crippen molar-refractivity contribution in [2.75, 3.05) is 6.61 Å². The molecule has 0 saturated carbocycles. The van der Waals surface area contributed by atoms with Crippen molar-refractivity contribution in [2.45, 2.75) is 296 Å². The first kappa shape index (κ1) is 59.1. The fourth-order valence-electron chi connectivity index (χ4n) is 8.13. The van der Waals surface area contributed by atoms with Crippen LogP contribution in [0.4, 0.5) is 0 Å². The smallest absolute Gasteiger partial charge is 0.306 e. The zero-order chi connectivity index (χ0) is 44.5. The van der Waals surface area contributed by atoms with Crippen molar-refractivity contribution in [1.82, 2.24) is 5.32 Å². The molecule has 358 valence electrons. The summed E-state index contributed by atoms with van der Waals surface area (Å²) < 4.78 is 5.90. The molecule has 0 aromatic carbocycles. The second kappa shape index (κ2) is 49.1. The fourth-order valence-corrected chi connectivity index (χ4v) is 8.13. The van der Waals surface area contributed by atoms with E-state index in [-0.39, 0.29) is 24.9 Å². The number of aliphatic hydroxyl groups is 2. The number of aliphatic hydroxyl groups excluding tert-OH is 2. The Morgan fingerprint density at radius 1 is 0.475 bits per heavy atom. The van der Waals surface area contributed by atoms with Crippen LogP contribution in [-0.2, 0) is 14.3 Å². The van der Waals surface area contributed by atoms with Crippen molar-refractivity contribution < 1.29 is 24.5 Å². The molecule has 0 bridgehead atoms. The van der Waals surface area contributed by atoms with E-state index in [1.807, 2.05) is 0 Å². The molecule has 0 radical (unpaired) electrons. The van der Waals surface area contributed by atoms with Gasteiger partial charge >= 0.3 is 5.97 Å². The molecule has 0 spiro atoms. The molecule has 1 amide bonds. The minimum atomic E-state index is -0.795. The highest BCUT2D eigenvalue weighted by atomic mass is 16.5. The molecule has 3 atom stereocenters. The molecule has 61 heavy (non-hydrogen) atoms. The second-order valence-corrected chi connectivity index (χ2v) is 18.3. The molecule has 0 aliphatic heterocycles. The molecule has 0 rings (SSSR count). The number of allylic oxidation sites excluding steroid dienone is 6. The van der Waals surface area contributed by atoms with E-state index < -0.39 is 18.2 Å². The first-order valence-electron chi connectivity index (χ1n) is 26.7. The summed E-state index contributed by atoms with van der Waals surface area (Å²) in [7, 11) is 0. The number of unbranched alkanes of at least 4 members (excludes halogenated alkanes) is 30. The van der Waals surface area contributed by atoms with Crippen molar-refractivity contribution in [2.24, 2.45) is 0 Å². The van der Waals surface area contributed by atoms with Crippen LogP contribution in [-0.4, -0.2) is 46.9 Å².